The fourth-order valence-electron chi connectivity index (χ4n) is 13.0. The molecule has 0 aliphatic heterocycles. The zero-order chi connectivity index (χ0) is 77.4. The van der Waals surface area contributed by atoms with E-state index in [1.807, 2.05) is 21.1 Å². The number of likely N-dealkylation sites (N-methyl/N-ethyl adjacent to an activating group) is 1. The van der Waals surface area contributed by atoms with Gasteiger partial charge < -0.3 is 28.5 Å². The van der Waals surface area contributed by atoms with Crippen molar-refractivity contribution in [2.45, 2.75) is 424 Å². The van der Waals surface area contributed by atoms with Gasteiger partial charge in [-0.1, -0.05) is 417 Å². The number of hydrogen-bond donors (Lipinski definition) is 1. The Morgan fingerprint density at radius 1 is 0.290 bits per heavy atom. The number of quaternary nitrogens is 1. The molecule has 0 aromatic carbocycles. The van der Waals surface area contributed by atoms with Crippen LogP contribution in [0.3, 0.4) is 0 Å². The molecule has 0 aromatic heterocycles. The van der Waals surface area contributed by atoms with Gasteiger partial charge in [-0.2, -0.15) is 0 Å². The number of rotatable bonds is 84. The van der Waals surface area contributed by atoms with Gasteiger partial charge in [0.05, 0.1) is 34.4 Å². The van der Waals surface area contributed by atoms with Crippen molar-refractivity contribution in [2.24, 2.45) is 0 Å². The Morgan fingerprint density at radius 3 is 0.804 bits per heavy atom. The van der Waals surface area contributed by atoms with Crippen LogP contribution in [0, 0.1) is 0 Å². The van der Waals surface area contributed by atoms with E-state index in [1.54, 1.807) is 0 Å². The van der Waals surface area contributed by atoms with E-state index >= 15 is 0 Å². The molecule has 107 heavy (non-hydrogen) atoms. The molecule has 1 N–H and O–H groups in total. The largest absolute Gasteiger partial charge is 0.477 e. The SMILES string of the molecule is CC/C=C\C/C=C\C/C=C\C/C=C\C/C=C\C/C=C\C/C=C\C/C=C\C/C=C\C/C=C\CCCCCCCCCCCCC(=O)OC(COC(=O)CCCCCCCCCCCCCCCCCCCCCCCCCCCCCCC/C=C\CCCCCCCCCC)COC(OCC[N+](C)(C)C)C(=O)O. The monoisotopic (exact) mass is 1490 g/mol. The van der Waals surface area contributed by atoms with Crippen molar-refractivity contribution in [1.29, 1.82) is 0 Å². The highest BCUT2D eigenvalue weighted by Gasteiger charge is 2.25. The summed E-state index contributed by atoms with van der Waals surface area (Å²) in [5.74, 6) is -2.00. The number of aliphatic carboxylic acids is 1. The average molecular weight is 1490 g/mol. The third-order valence-electron chi connectivity index (χ3n) is 19.9. The number of carboxylic acid groups (broad SMARTS) is 1. The predicted octanol–water partition coefficient (Wildman–Crippen LogP) is 29.9. The fraction of sp³-hybridized carbons (Fsp3) is 0.745. The lowest BCUT2D eigenvalue weighted by Gasteiger charge is -2.25. The lowest BCUT2D eigenvalue weighted by molar-refractivity contribution is -0.870. The molecule has 616 valence electrons. The van der Waals surface area contributed by atoms with E-state index in [2.05, 4.69) is 148 Å². The lowest BCUT2D eigenvalue weighted by Crippen LogP contribution is -2.40. The summed E-state index contributed by atoms with van der Waals surface area (Å²) in [5, 5.41) is 9.80. The topological polar surface area (TPSA) is 108 Å². The van der Waals surface area contributed by atoms with Crippen molar-refractivity contribution in [3.8, 4) is 0 Å². The second-order valence-electron chi connectivity index (χ2n) is 31.5. The Labute approximate surface area is 662 Å². The van der Waals surface area contributed by atoms with Crippen molar-refractivity contribution in [3.63, 3.8) is 0 Å². The first-order chi connectivity index (χ1) is 52.6. The number of allylic oxidation sites excluding steroid dienone is 22. The molecule has 0 spiro atoms. The predicted molar refractivity (Wildman–Crippen MR) is 465 cm³/mol. The number of nitrogens with zero attached hydrogens (tertiary/aromatic N) is 1. The maximum Gasteiger partial charge on any atom is 0.361 e. The van der Waals surface area contributed by atoms with E-state index in [0.717, 1.165) is 109 Å². The zero-order valence-corrected chi connectivity index (χ0v) is 70.8. The number of hydrogen-bond acceptors (Lipinski definition) is 7. The molecule has 0 bridgehead atoms. The summed E-state index contributed by atoms with van der Waals surface area (Å²) >= 11 is 0. The van der Waals surface area contributed by atoms with Crippen LogP contribution >= 0.6 is 0 Å². The molecule has 0 rings (SSSR count). The van der Waals surface area contributed by atoms with Crippen LogP contribution in [0.4, 0.5) is 0 Å². The first kappa shape index (κ1) is 102. The number of unbranched alkanes of at least 4 members (excludes halogenated alkanes) is 47. The van der Waals surface area contributed by atoms with E-state index in [4.69, 9.17) is 18.9 Å². The summed E-state index contributed by atoms with van der Waals surface area (Å²) in [7, 11) is 5.99. The highest BCUT2D eigenvalue weighted by Crippen LogP contribution is 2.20. The van der Waals surface area contributed by atoms with Crippen molar-refractivity contribution in [1.82, 2.24) is 0 Å². The molecule has 0 heterocycles. The van der Waals surface area contributed by atoms with Gasteiger partial charge in [0.15, 0.2) is 6.10 Å². The summed E-state index contributed by atoms with van der Waals surface area (Å²) in [6.07, 6.45) is 124. The Hall–Kier alpha value is -4.57. The second-order valence-corrected chi connectivity index (χ2v) is 31.5. The van der Waals surface area contributed by atoms with Gasteiger partial charge in [-0.25, -0.2) is 4.79 Å². The summed E-state index contributed by atoms with van der Waals surface area (Å²) in [6.45, 7) is 4.80. The molecular formula is C98H172NO8+. The van der Waals surface area contributed by atoms with E-state index < -0.39 is 24.3 Å². The standard InChI is InChI=1S/C98H171NO8/c1-6-8-10-12-14-16-18-20-22-24-26-28-30-32-34-36-38-40-42-44-46-48-50-52-54-56-58-60-62-64-66-68-70-72-74-76-78-80-82-84-86-88-95(100)105-92-94(93-106-98(97(102)103)104-91-90-99(3,4)5)107-96(101)89-87-85-83-81-79-77-75-73-71-69-67-65-63-61-59-57-55-53-51-49-47-45-43-41-39-37-35-33-31-29-27-25-23-21-19-17-15-13-11-9-7-2/h9,11,15,17,21,23-24,26-27,29,33,35,39,41,45,47,51,53,57,59,63,65,94,98H,6-8,10,12-14,16,18-20,22,25,28,30-32,34,36-38,40,42-44,46,48-50,52,54-56,58,60-62,64,66-93H2,1-5H3/p+1/b11-9-,17-15-,23-21-,26-24-,29-27-,35-33-,41-39-,47-45-,53-51-,59-57-,65-63-. The molecule has 0 aromatic rings. The van der Waals surface area contributed by atoms with E-state index in [1.165, 1.54) is 270 Å². The van der Waals surface area contributed by atoms with E-state index in [-0.39, 0.29) is 32.2 Å². The Kier molecular flexibility index (Phi) is 83.3. The van der Waals surface area contributed by atoms with E-state index in [9.17, 15) is 19.5 Å². The van der Waals surface area contributed by atoms with Crippen molar-refractivity contribution < 1.29 is 42.9 Å². The molecule has 9 heteroatoms. The van der Waals surface area contributed by atoms with Gasteiger partial charge >= 0.3 is 17.9 Å². The molecule has 0 fully saturated rings. The fourth-order valence-corrected chi connectivity index (χ4v) is 13.0. The van der Waals surface area contributed by atoms with Gasteiger partial charge in [-0.3, -0.25) is 9.59 Å². The minimum atomic E-state index is -1.52. The van der Waals surface area contributed by atoms with Gasteiger partial charge in [0.25, 0.3) is 6.29 Å². The van der Waals surface area contributed by atoms with Gasteiger partial charge in [0.1, 0.15) is 13.2 Å². The average Bonchev–Trinajstić information content (AvgIpc) is 0.965. The van der Waals surface area contributed by atoms with Crippen molar-refractivity contribution in [2.75, 3.05) is 47.5 Å². The summed E-state index contributed by atoms with van der Waals surface area (Å²) in [6, 6.07) is 0. The van der Waals surface area contributed by atoms with Crippen LogP contribution in [0.1, 0.15) is 412 Å². The molecular weight excluding hydrogens is 1320 g/mol. The molecule has 0 aliphatic rings. The molecule has 2 unspecified atom stereocenters. The second kappa shape index (κ2) is 87.0. The normalized spacial score (nSPS) is 13.2. The molecule has 2 atom stereocenters. The minimum absolute atomic E-state index is 0.183. The molecule has 0 saturated carbocycles. The highest BCUT2D eigenvalue weighted by atomic mass is 16.7. The van der Waals surface area contributed by atoms with Crippen LogP contribution in [0.2, 0.25) is 0 Å². The smallest absolute Gasteiger partial charge is 0.361 e. The third kappa shape index (κ3) is 88.5. The summed E-state index contributed by atoms with van der Waals surface area (Å²) in [4.78, 5) is 37.8. The molecule has 0 amide bonds. The molecule has 0 aliphatic carbocycles. The van der Waals surface area contributed by atoms with Gasteiger partial charge in [0.2, 0.25) is 0 Å². The number of carbonyl (C=O) groups is 3. The Bertz CT molecular complexity index is 2240. The van der Waals surface area contributed by atoms with Gasteiger partial charge in [0, 0.05) is 12.8 Å². The van der Waals surface area contributed by atoms with E-state index in [0.29, 0.717) is 23.9 Å². The Morgan fingerprint density at radius 2 is 0.533 bits per heavy atom. The number of carbonyl (C=O) groups excluding carboxylic acids is 2. The molecule has 9 nitrogen and oxygen atoms in total. The van der Waals surface area contributed by atoms with Crippen LogP contribution < -0.4 is 0 Å². The van der Waals surface area contributed by atoms with Gasteiger partial charge in [-0.05, 0) is 116 Å². The van der Waals surface area contributed by atoms with Crippen LogP contribution in [-0.4, -0.2) is 87.4 Å². The number of ether oxygens (including phenoxy) is 4. The minimum Gasteiger partial charge on any atom is -0.477 e. The zero-order valence-electron chi connectivity index (χ0n) is 70.8. The molecule has 0 radical (unpaired) electrons. The maximum atomic E-state index is 13.0. The number of esters is 2. The Balaban J connectivity index is 3.98. The van der Waals surface area contributed by atoms with Crippen molar-refractivity contribution >= 4 is 17.9 Å². The summed E-state index contributed by atoms with van der Waals surface area (Å²) < 4.78 is 23.1. The highest BCUT2D eigenvalue weighted by molar-refractivity contribution is 5.71. The first-order valence-electron chi connectivity index (χ1n) is 45.3. The van der Waals surface area contributed by atoms with Crippen LogP contribution in [0.15, 0.2) is 134 Å². The maximum absolute atomic E-state index is 13.0. The molecule has 0 saturated heterocycles. The quantitative estimate of drug-likeness (QED) is 0.0211. The lowest BCUT2D eigenvalue weighted by atomic mass is 10.0. The first-order valence-corrected chi connectivity index (χ1v) is 45.3. The van der Waals surface area contributed by atoms with Gasteiger partial charge in [-0.15, -0.1) is 0 Å². The van der Waals surface area contributed by atoms with Crippen LogP contribution in [-0.2, 0) is 33.3 Å². The number of carboxylic acids is 1. The third-order valence-corrected chi connectivity index (χ3v) is 19.9. The van der Waals surface area contributed by atoms with Crippen LogP contribution in [0.5, 0.6) is 0 Å². The van der Waals surface area contributed by atoms with Crippen molar-refractivity contribution in [3.05, 3.63) is 134 Å². The van der Waals surface area contributed by atoms with Crippen LogP contribution in [0.25, 0.3) is 0 Å². The summed E-state index contributed by atoms with van der Waals surface area (Å²) in [5.41, 5.74) is 0.